The van der Waals surface area contributed by atoms with Gasteiger partial charge in [0, 0.05) is 18.2 Å². The predicted molar refractivity (Wildman–Crippen MR) is 94.0 cm³/mol. The molecule has 2 aromatic rings. The van der Waals surface area contributed by atoms with Crippen molar-refractivity contribution in [3.63, 3.8) is 0 Å². The minimum atomic E-state index is -0.932. The van der Waals surface area contributed by atoms with Gasteiger partial charge < -0.3 is 14.4 Å². The third-order valence-corrected chi connectivity index (χ3v) is 4.52. The van der Waals surface area contributed by atoms with Crippen molar-refractivity contribution in [3.8, 4) is 5.75 Å². The molecule has 0 radical (unpaired) electrons. The van der Waals surface area contributed by atoms with Crippen LogP contribution in [0, 0.1) is 0 Å². The van der Waals surface area contributed by atoms with E-state index in [-0.39, 0.29) is 5.56 Å². The number of aromatic carboxylic acids is 1. The van der Waals surface area contributed by atoms with Gasteiger partial charge in [-0.05, 0) is 37.6 Å². The van der Waals surface area contributed by atoms with E-state index >= 15 is 0 Å². The van der Waals surface area contributed by atoms with Crippen LogP contribution < -0.4 is 4.74 Å². The van der Waals surface area contributed by atoms with Crippen LogP contribution in [0.5, 0.6) is 5.75 Å². The van der Waals surface area contributed by atoms with Crippen LogP contribution in [0.3, 0.4) is 0 Å². The van der Waals surface area contributed by atoms with E-state index in [4.69, 9.17) is 9.84 Å². The molecule has 24 heavy (non-hydrogen) atoms. The Labute approximate surface area is 146 Å². The number of rotatable bonds is 9. The van der Waals surface area contributed by atoms with E-state index < -0.39 is 5.97 Å². The number of ether oxygens (including phenoxy) is 1. The molecule has 0 bridgehead atoms. The SMILES string of the molecule is CCn1c(SCCCOc2ccc(C(=O)O)cc2)nnc1C(C)C. The third-order valence-electron chi connectivity index (χ3n) is 3.47. The van der Waals surface area contributed by atoms with E-state index in [2.05, 4.69) is 35.5 Å². The third kappa shape index (κ3) is 4.74. The predicted octanol–water partition coefficient (Wildman–Crippen LogP) is 3.68. The number of carbonyl (C=O) groups is 1. The largest absolute Gasteiger partial charge is 0.494 e. The maximum atomic E-state index is 10.8. The van der Waals surface area contributed by atoms with Crippen LogP contribution in [0.4, 0.5) is 0 Å². The Morgan fingerprint density at radius 3 is 2.58 bits per heavy atom. The highest BCUT2D eigenvalue weighted by molar-refractivity contribution is 7.99. The fourth-order valence-corrected chi connectivity index (χ4v) is 3.16. The molecular formula is C17H23N3O3S. The molecule has 1 N–H and O–H groups in total. The molecule has 0 amide bonds. The standard InChI is InChI=1S/C17H23N3O3S/c1-4-20-15(12(2)3)18-19-17(20)24-11-5-10-23-14-8-6-13(7-9-14)16(21)22/h6-9,12H,4-5,10-11H2,1-3H3,(H,21,22). The van der Waals surface area contributed by atoms with Crippen molar-refractivity contribution >= 4 is 17.7 Å². The van der Waals surface area contributed by atoms with E-state index in [0.717, 1.165) is 29.7 Å². The van der Waals surface area contributed by atoms with Crippen molar-refractivity contribution in [2.45, 2.75) is 44.8 Å². The smallest absolute Gasteiger partial charge is 0.335 e. The summed E-state index contributed by atoms with van der Waals surface area (Å²) in [6.07, 6.45) is 0.874. The lowest BCUT2D eigenvalue weighted by molar-refractivity contribution is 0.0697. The van der Waals surface area contributed by atoms with Crippen LogP contribution in [-0.4, -0.2) is 38.2 Å². The van der Waals surface area contributed by atoms with Gasteiger partial charge in [-0.2, -0.15) is 0 Å². The fraction of sp³-hybridized carbons (Fsp3) is 0.471. The van der Waals surface area contributed by atoms with Crippen molar-refractivity contribution in [2.24, 2.45) is 0 Å². The number of carboxylic acids is 1. The van der Waals surface area contributed by atoms with Crippen LogP contribution in [0.1, 0.15) is 49.3 Å². The summed E-state index contributed by atoms with van der Waals surface area (Å²) in [5, 5.41) is 18.3. The number of carboxylic acid groups (broad SMARTS) is 1. The molecular weight excluding hydrogens is 326 g/mol. The Morgan fingerprint density at radius 1 is 1.29 bits per heavy atom. The summed E-state index contributed by atoms with van der Waals surface area (Å²) in [6.45, 7) is 7.79. The van der Waals surface area contributed by atoms with Crippen LogP contribution in [0.2, 0.25) is 0 Å². The minimum Gasteiger partial charge on any atom is -0.494 e. The molecule has 6 nitrogen and oxygen atoms in total. The molecule has 1 aromatic carbocycles. The highest BCUT2D eigenvalue weighted by Gasteiger charge is 2.13. The minimum absolute atomic E-state index is 0.262. The highest BCUT2D eigenvalue weighted by Crippen LogP contribution is 2.22. The molecule has 0 fully saturated rings. The topological polar surface area (TPSA) is 77.2 Å². The van der Waals surface area contributed by atoms with E-state index in [9.17, 15) is 4.79 Å². The zero-order chi connectivity index (χ0) is 17.5. The number of thioether (sulfide) groups is 1. The van der Waals surface area contributed by atoms with Crippen LogP contribution in [0.15, 0.2) is 29.4 Å². The first-order chi connectivity index (χ1) is 11.5. The number of hydrogen-bond acceptors (Lipinski definition) is 5. The summed E-state index contributed by atoms with van der Waals surface area (Å²) < 4.78 is 7.78. The Hall–Kier alpha value is -2.02. The molecule has 0 saturated carbocycles. The zero-order valence-corrected chi connectivity index (χ0v) is 15.0. The maximum Gasteiger partial charge on any atom is 0.335 e. The van der Waals surface area contributed by atoms with E-state index in [1.54, 1.807) is 36.0 Å². The van der Waals surface area contributed by atoms with Gasteiger partial charge in [0.15, 0.2) is 5.16 Å². The molecule has 0 aliphatic carbocycles. The molecule has 0 aliphatic rings. The molecule has 2 rings (SSSR count). The molecule has 0 atom stereocenters. The van der Waals surface area contributed by atoms with E-state index in [1.807, 2.05) is 0 Å². The molecule has 1 heterocycles. The van der Waals surface area contributed by atoms with Gasteiger partial charge in [0.1, 0.15) is 11.6 Å². The Balaban J connectivity index is 1.76. The van der Waals surface area contributed by atoms with E-state index in [0.29, 0.717) is 18.3 Å². The monoisotopic (exact) mass is 349 g/mol. The molecule has 1 aromatic heterocycles. The number of benzene rings is 1. The summed E-state index contributed by atoms with van der Waals surface area (Å²) in [5.74, 6) is 2.03. The lowest BCUT2D eigenvalue weighted by Gasteiger charge is -2.09. The summed E-state index contributed by atoms with van der Waals surface area (Å²) in [7, 11) is 0. The Bertz CT molecular complexity index is 668. The van der Waals surface area contributed by atoms with Gasteiger partial charge >= 0.3 is 5.97 Å². The van der Waals surface area contributed by atoms with Gasteiger partial charge in [0.25, 0.3) is 0 Å². The van der Waals surface area contributed by atoms with Crippen LogP contribution in [0.25, 0.3) is 0 Å². The normalized spacial score (nSPS) is 11.0. The number of hydrogen-bond donors (Lipinski definition) is 1. The fourth-order valence-electron chi connectivity index (χ4n) is 2.24. The van der Waals surface area contributed by atoms with Gasteiger partial charge in [-0.25, -0.2) is 4.79 Å². The molecule has 0 saturated heterocycles. The van der Waals surface area contributed by atoms with Crippen molar-refractivity contribution < 1.29 is 14.6 Å². The molecule has 7 heteroatoms. The van der Waals surface area contributed by atoms with Gasteiger partial charge in [0.05, 0.1) is 12.2 Å². The molecule has 0 aliphatic heterocycles. The highest BCUT2D eigenvalue weighted by atomic mass is 32.2. The van der Waals surface area contributed by atoms with Crippen molar-refractivity contribution in [2.75, 3.05) is 12.4 Å². The second-order valence-electron chi connectivity index (χ2n) is 5.62. The summed E-state index contributed by atoms with van der Waals surface area (Å²) >= 11 is 1.68. The van der Waals surface area contributed by atoms with Crippen molar-refractivity contribution in [1.82, 2.24) is 14.8 Å². The lowest BCUT2D eigenvalue weighted by Crippen LogP contribution is -2.05. The van der Waals surface area contributed by atoms with Gasteiger partial charge in [-0.3, -0.25) is 0 Å². The van der Waals surface area contributed by atoms with E-state index in [1.165, 1.54) is 0 Å². The Kier molecular flexibility index (Phi) is 6.66. The van der Waals surface area contributed by atoms with Crippen molar-refractivity contribution in [1.29, 1.82) is 0 Å². The maximum absolute atomic E-state index is 10.8. The van der Waals surface area contributed by atoms with Gasteiger partial charge in [-0.1, -0.05) is 25.6 Å². The Morgan fingerprint density at radius 2 is 2.00 bits per heavy atom. The van der Waals surface area contributed by atoms with Crippen LogP contribution in [-0.2, 0) is 6.54 Å². The van der Waals surface area contributed by atoms with Crippen molar-refractivity contribution in [3.05, 3.63) is 35.7 Å². The van der Waals surface area contributed by atoms with Gasteiger partial charge in [-0.15, -0.1) is 10.2 Å². The van der Waals surface area contributed by atoms with Crippen LogP contribution >= 0.6 is 11.8 Å². The average Bonchev–Trinajstić information content (AvgIpc) is 2.98. The molecule has 130 valence electrons. The molecule has 0 spiro atoms. The first kappa shape index (κ1) is 18.3. The first-order valence-electron chi connectivity index (χ1n) is 8.05. The molecule has 0 unspecified atom stereocenters. The number of aromatic nitrogens is 3. The average molecular weight is 349 g/mol. The summed E-state index contributed by atoms with van der Waals surface area (Å²) in [5.41, 5.74) is 0.262. The summed E-state index contributed by atoms with van der Waals surface area (Å²) in [4.78, 5) is 10.8. The second-order valence-corrected chi connectivity index (χ2v) is 6.68. The first-order valence-corrected chi connectivity index (χ1v) is 9.03. The quantitative estimate of drug-likeness (QED) is 0.550. The van der Waals surface area contributed by atoms with Gasteiger partial charge in [0.2, 0.25) is 0 Å². The number of nitrogens with zero attached hydrogens (tertiary/aromatic N) is 3. The summed E-state index contributed by atoms with van der Waals surface area (Å²) in [6, 6.07) is 6.45. The zero-order valence-electron chi connectivity index (χ0n) is 14.2. The second kappa shape index (κ2) is 8.73. The lowest BCUT2D eigenvalue weighted by atomic mass is 10.2.